The maximum Gasteiger partial charge on any atom is 0.0521 e. The summed E-state index contributed by atoms with van der Waals surface area (Å²) >= 11 is 0. The van der Waals surface area contributed by atoms with Gasteiger partial charge in [-0.1, -0.05) is 6.07 Å². The lowest BCUT2D eigenvalue weighted by Crippen LogP contribution is -1.82. The Kier molecular flexibility index (Phi) is 3.57. The van der Waals surface area contributed by atoms with Crippen molar-refractivity contribution in [3.63, 3.8) is 0 Å². The van der Waals surface area contributed by atoms with Crippen molar-refractivity contribution in [2.24, 2.45) is 0 Å². The van der Waals surface area contributed by atoms with Gasteiger partial charge in [0.05, 0.1) is 5.69 Å². The molecule has 3 heteroatoms. The molecule has 2 rings (SSSR count). The van der Waals surface area contributed by atoms with Gasteiger partial charge in [-0.25, -0.2) is 0 Å². The van der Waals surface area contributed by atoms with Gasteiger partial charge in [0.25, 0.3) is 0 Å². The molecule has 2 aromatic heterocycles. The van der Waals surface area contributed by atoms with Gasteiger partial charge in [0.15, 0.2) is 0 Å². The summed E-state index contributed by atoms with van der Waals surface area (Å²) in [5.74, 6) is 0. The first-order valence-corrected chi connectivity index (χ1v) is 4.05. The number of H-pyrrole nitrogens is 1. The zero-order valence-corrected chi connectivity index (χ0v) is 7.57. The molecule has 0 atom stereocenters. The molecule has 0 radical (unpaired) electrons. The standard InChI is InChI=1S/C5H8N2.C5H5N/c1-4-5(6)2-3-7-4;1-2-4-6-5-3-1/h2-3,7H,6H2,1H3;1-5H. The minimum atomic E-state index is 0.833. The van der Waals surface area contributed by atoms with Crippen molar-refractivity contribution in [3.8, 4) is 0 Å². The minimum absolute atomic E-state index is 0.833. The topological polar surface area (TPSA) is 54.7 Å². The number of nitrogens with two attached hydrogens (primary N) is 1. The van der Waals surface area contributed by atoms with E-state index in [-0.39, 0.29) is 0 Å². The second kappa shape index (κ2) is 4.98. The van der Waals surface area contributed by atoms with Crippen molar-refractivity contribution in [1.29, 1.82) is 0 Å². The third-order valence-corrected chi connectivity index (χ3v) is 1.56. The van der Waals surface area contributed by atoms with E-state index in [0.29, 0.717) is 0 Å². The highest BCUT2D eigenvalue weighted by Gasteiger charge is 1.86. The monoisotopic (exact) mass is 175 g/mol. The number of nitrogens with zero attached hydrogens (tertiary/aromatic N) is 1. The Morgan fingerprint density at radius 2 is 1.92 bits per heavy atom. The first-order valence-electron chi connectivity index (χ1n) is 4.05. The average Bonchev–Trinajstić information content (AvgIpc) is 2.55. The van der Waals surface area contributed by atoms with Gasteiger partial charge in [0, 0.05) is 24.3 Å². The van der Waals surface area contributed by atoms with Crippen LogP contribution in [0.25, 0.3) is 0 Å². The molecule has 0 aliphatic rings. The van der Waals surface area contributed by atoms with E-state index in [0.717, 1.165) is 11.4 Å². The van der Waals surface area contributed by atoms with Gasteiger partial charge in [-0.15, -0.1) is 0 Å². The van der Waals surface area contributed by atoms with Crippen LogP contribution in [0, 0.1) is 6.92 Å². The summed E-state index contributed by atoms with van der Waals surface area (Å²) in [4.78, 5) is 6.73. The first-order chi connectivity index (χ1) is 6.30. The molecule has 0 amide bonds. The van der Waals surface area contributed by atoms with E-state index >= 15 is 0 Å². The Morgan fingerprint density at radius 1 is 1.23 bits per heavy atom. The highest BCUT2D eigenvalue weighted by atomic mass is 14.7. The van der Waals surface area contributed by atoms with Crippen LogP contribution in [-0.4, -0.2) is 9.97 Å². The molecule has 0 aromatic carbocycles. The van der Waals surface area contributed by atoms with Gasteiger partial charge in [0.2, 0.25) is 0 Å². The second-order valence-corrected chi connectivity index (χ2v) is 2.58. The van der Waals surface area contributed by atoms with Gasteiger partial charge in [0.1, 0.15) is 0 Å². The smallest absolute Gasteiger partial charge is 0.0521 e. The molecule has 0 spiro atoms. The molecule has 0 bridgehead atoms. The molecule has 0 aliphatic heterocycles. The Bertz CT molecular complexity index is 284. The minimum Gasteiger partial charge on any atom is -0.397 e. The molecular formula is C10H13N3. The number of anilines is 1. The van der Waals surface area contributed by atoms with Crippen molar-refractivity contribution in [2.45, 2.75) is 6.92 Å². The molecule has 2 heterocycles. The lowest BCUT2D eigenvalue weighted by molar-refractivity contribution is 1.27. The molecule has 3 N–H and O–H groups in total. The summed E-state index contributed by atoms with van der Waals surface area (Å²) in [5.41, 5.74) is 7.28. The van der Waals surface area contributed by atoms with Gasteiger partial charge >= 0.3 is 0 Å². The molecule has 2 aromatic rings. The molecule has 0 fully saturated rings. The van der Waals surface area contributed by atoms with Gasteiger partial charge in [-0.2, -0.15) is 0 Å². The van der Waals surface area contributed by atoms with Crippen molar-refractivity contribution in [1.82, 2.24) is 9.97 Å². The number of rotatable bonds is 0. The number of hydrogen-bond acceptors (Lipinski definition) is 2. The quantitative estimate of drug-likeness (QED) is 0.643. The maximum absolute atomic E-state index is 5.41. The van der Waals surface area contributed by atoms with Crippen LogP contribution < -0.4 is 5.73 Å². The molecular weight excluding hydrogens is 162 g/mol. The van der Waals surface area contributed by atoms with Crippen LogP contribution in [0.4, 0.5) is 5.69 Å². The fourth-order valence-electron chi connectivity index (χ4n) is 0.777. The number of aryl methyl sites for hydroxylation is 1. The Labute approximate surface area is 77.6 Å². The third kappa shape index (κ3) is 3.42. The van der Waals surface area contributed by atoms with Gasteiger partial charge in [-0.05, 0) is 25.1 Å². The Morgan fingerprint density at radius 3 is 2.08 bits per heavy atom. The highest BCUT2D eigenvalue weighted by molar-refractivity contribution is 5.41. The van der Waals surface area contributed by atoms with Crippen LogP contribution >= 0.6 is 0 Å². The molecule has 3 nitrogen and oxygen atoms in total. The van der Waals surface area contributed by atoms with E-state index in [4.69, 9.17) is 5.73 Å². The summed E-state index contributed by atoms with van der Waals surface area (Å²) in [6.45, 7) is 1.94. The molecule has 0 saturated carbocycles. The van der Waals surface area contributed by atoms with E-state index in [2.05, 4.69) is 9.97 Å². The van der Waals surface area contributed by atoms with Crippen LogP contribution in [-0.2, 0) is 0 Å². The van der Waals surface area contributed by atoms with E-state index in [1.807, 2.05) is 37.4 Å². The summed E-state index contributed by atoms with van der Waals surface area (Å²) in [6, 6.07) is 7.56. The van der Waals surface area contributed by atoms with Crippen molar-refractivity contribution in [2.75, 3.05) is 5.73 Å². The number of aromatic nitrogens is 2. The van der Waals surface area contributed by atoms with Crippen LogP contribution in [0.15, 0.2) is 42.9 Å². The lowest BCUT2D eigenvalue weighted by atomic mass is 10.4. The molecule has 0 unspecified atom stereocenters. The zero-order chi connectivity index (χ0) is 9.52. The SMILES string of the molecule is Cc1[nH]ccc1N.c1ccncc1. The highest BCUT2D eigenvalue weighted by Crippen LogP contribution is 2.03. The number of hydrogen-bond donors (Lipinski definition) is 2. The summed E-state index contributed by atoms with van der Waals surface area (Å²) in [7, 11) is 0. The summed E-state index contributed by atoms with van der Waals surface area (Å²) < 4.78 is 0. The number of nitrogen functional groups attached to an aromatic ring is 1. The third-order valence-electron chi connectivity index (χ3n) is 1.56. The van der Waals surface area contributed by atoms with E-state index in [9.17, 15) is 0 Å². The van der Waals surface area contributed by atoms with Gasteiger partial charge in [-0.3, -0.25) is 4.98 Å². The summed E-state index contributed by atoms with van der Waals surface area (Å²) in [5, 5.41) is 0. The van der Waals surface area contributed by atoms with E-state index in [1.54, 1.807) is 12.4 Å². The van der Waals surface area contributed by atoms with E-state index in [1.165, 1.54) is 0 Å². The molecule has 0 aliphatic carbocycles. The van der Waals surface area contributed by atoms with E-state index < -0.39 is 0 Å². The predicted octanol–water partition coefficient (Wildman–Crippen LogP) is 1.99. The average molecular weight is 175 g/mol. The fraction of sp³-hybridized carbons (Fsp3) is 0.100. The normalized spacial score (nSPS) is 8.69. The molecule has 68 valence electrons. The van der Waals surface area contributed by atoms with Crippen LogP contribution in [0.1, 0.15) is 5.69 Å². The fourth-order valence-corrected chi connectivity index (χ4v) is 0.777. The number of aromatic amines is 1. The Balaban J connectivity index is 0.000000132. The molecule has 0 saturated heterocycles. The number of pyridine rings is 1. The largest absolute Gasteiger partial charge is 0.397 e. The molecule has 13 heavy (non-hydrogen) atoms. The summed E-state index contributed by atoms with van der Waals surface area (Å²) in [6.07, 6.45) is 5.32. The lowest BCUT2D eigenvalue weighted by Gasteiger charge is -1.82. The van der Waals surface area contributed by atoms with Crippen molar-refractivity contribution >= 4 is 5.69 Å². The Hall–Kier alpha value is -1.77. The second-order valence-electron chi connectivity index (χ2n) is 2.58. The predicted molar refractivity (Wildman–Crippen MR) is 54.2 cm³/mol. The van der Waals surface area contributed by atoms with Crippen molar-refractivity contribution in [3.05, 3.63) is 48.5 Å². The van der Waals surface area contributed by atoms with Crippen LogP contribution in [0.3, 0.4) is 0 Å². The maximum atomic E-state index is 5.41. The van der Waals surface area contributed by atoms with Crippen LogP contribution in [0.5, 0.6) is 0 Å². The number of nitrogens with one attached hydrogen (secondary N) is 1. The van der Waals surface area contributed by atoms with Crippen molar-refractivity contribution < 1.29 is 0 Å². The van der Waals surface area contributed by atoms with Crippen LogP contribution in [0.2, 0.25) is 0 Å². The zero-order valence-electron chi connectivity index (χ0n) is 7.57. The van der Waals surface area contributed by atoms with Gasteiger partial charge < -0.3 is 10.7 Å². The first kappa shape index (κ1) is 9.32.